The highest BCUT2D eigenvalue weighted by Gasteiger charge is 2.25. The van der Waals surface area contributed by atoms with E-state index in [0.29, 0.717) is 5.75 Å². The number of rotatable bonds is 2. The highest BCUT2D eigenvalue weighted by Crippen LogP contribution is 2.38. The van der Waals surface area contributed by atoms with Crippen LogP contribution in [0.2, 0.25) is 0 Å². The fourth-order valence-electron chi connectivity index (χ4n) is 2.19. The molecule has 100 valence electrons. The molecule has 0 unspecified atom stereocenters. The molecule has 0 atom stereocenters. The maximum Gasteiger partial charge on any atom is 0.395 e. The molecule has 0 fully saturated rings. The lowest BCUT2D eigenvalue weighted by atomic mass is 9.78. The summed E-state index contributed by atoms with van der Waals surface area (Å²) in [7, 11) is -0.301. The first-order valence-electron chi connectivity index (χ1n) is 6.22. The molecule has 0 saturated carbocycles. The minimum absolute atomic E-state index is 0.0340. The van der Waals surface area contributed by atoms with E-state index >= 15 is 0 Å². The van der Waals surface area contributed by atoms with Gasteiger partial charge in [0.25, 0.3) is 0 Å². The third kappa shape index (κ3) is 3.32. The number of hydrogen-bond donors (Lipinski definition) is 0. The second-order valence-corrected chi connectivity index (χ2v) is 7.16. The van der Waals surface area contributed by atoms with Crippen LogP contribution >= 0.6 is 8.69 Å². The van der Waals surface area contributed by atoms with Gasteiger partial charge in [-0.05, 0) is 34.9 Å². The van der Waals surface area contributed by atoms with Crippen molar-refractivity contribution >= 4 is 8.69 Å². The fraction of sp³-hybridized carbons (Fsp3) is 0.600. The summed E-state index contributed by atoms with van der Waals surface area (Å²) < 4.78 is 16.0. The minimum atomic E-state index is -0.301. The molecule has 0 saturated heterocycles. The first-order chi connectivity index (χ1) is 8.07. The van der Waals surface area contributed by atoms with E-state index in [1.54, 1.807) is 0 Å². The first-order valence-corrected chi connectivity index (χ1v) is 6.95. The van der Waals surface area contributed by atoms with Gasteiger partial charge in [0.2, 0.25) is 0 Å². The van der Waals surface area contributed by atoms with Crippen LogP contribution in [0.5, 0.6) is 5.75 Å². The van der Waals surface area contributed by atoms with Gasteiger partial charge in [-0.1, -0.05) is 47.6 Å². The zero-order valence-electron chi connectivity index (χ0n) is 12.4. The monoisotopic (exact) mass is 266 g/mol. The number of hydrogen-bond acceptors (Lipinski definition) is 2. The van der Waals surface area contributed by atoms with Crippen molar-refractivity contribution in [3.63, 3.8) is 0 Å². The van der Waals surface area contributed by atoms with Gasteiger partial charge >= 0.3 is 8.69 Å². The average Bonchev–Trinajstić information content (AvgIpc) is 2.13. The van der Waals surface area contributed by atoms with Crippen molar-refractivity contribution in [2.75, 3.05) is 0 Å². The van der Waals surface area contributed by atoms with Crippen LogP contribution in [-0.2, 0) is 15.4 Å². The molecule has 18 heavy (non-hydrogen) atoms. The van der Waals surface area contributed by atoms with Crippen molar-refractivity contribution in [3.05, 3.63) is 28.8 Å². The van der Waals surface area contributed by atoms with Gasteiger partial charge in [-0.15, -0.1) is 0 Å². The van der Waals surface area contributed by atoms with E-state index < -0.39 is 0 Å². The van der Waals surface area contributed by atoms with Gasteiger partial charge in [0.1, 0.15) is 5.75 Å². The Morgan fingerprint density at radius 1 is 0.944 bits per heavy atom. The summed E-state index contributed by atoms with van der Waals surface area (Å²) in [6.07, 6.45) is 0. The van der Waals surface area contributed by atoms with Crippen LogP contribution in [0.4, 0.5) is 0 Å². The van der Waals surface area contributed by atoms with Crippen LogP contribution < -0.4 is 4.52 Å². The third-order valence-corrected chi connectivity index (χ3v) is 3.35. The average molecular weight is 266 g/mol. The van der Waals surface area contributed by atoms with Crippen LogP contribution in [0, 0.1) is 6.92 Å². The Kier molecular flexibility index (Phi) is 4.23. The van der Waals surface area contributed by atoms with Gasteiger partial charge in [-0.25, -0.2) is 4.57 Å². The minimum Gasteiger partial charge on any atom is -0.407 e. The Balaban J connectivity index is 3.50. The number of benzene rings is 1. The molecule has 2 nitrogen and oxygen atoms in total. The molecule has 0 aliphatic carbocycles. The Morgan fingerprint density at radius 3 is 1.83 bits per heavy atom. The van der Waals surface area contributed by atoms with E-state index in [2.05, 4.69) is 54.5 Å². The van der Waals surface area contributed by atoms with Crippen LogP contribution in [-0.4, -0.2) is 0 Å². The van der Waals surface area contributed by atoms with Gasteiger partial charge in [0.05, 0.1) is 0 Å². The van der Waals surface area contributed by atoms with Crippen molar-refractivity contribution in [1.29, 1.82) is 0 Å². The fourth-order valence-corrected chi connectivity index (χ4v) is 2.42. The Labute approximate surface area is 112 Å². The van der Waals surface area contributed by atoms with Gasteiger partial charge in [0, 0.05) is 5.56 Å². The third-order valence-electron chi connectivity index (χ3n) is 3.08. The van der Waals surface area contributed by atoms with Crippen molar-refractivity contribution < 1.29 is 9.09 Å². The standard InChI is InChI=1S/C15H23O2P/c1-10-8-13(17-18-16)12(15(5,6)7)9-11(10)14(2,3)4/h8-9H,1-7H3. The Morgan fingerprint density at radius 2 is 1.44 bits per heavy atom. The summed E-state index contributed by atoms with van der Waals surface area (Å²) in [5.74, 6) is 0.713. The maximum atomic E-state index is 10.7. The zero-order valence-corrected chi connectivity index (χ0v) is 13.3. The van der Waals surface area contributed by atoms with E-state index in [-0.39, 0.29) is 19.5 Å². The second-order valence-electron chi connectivity index (χ2n) is 6.83. The lowest BCUT2D eigenvalue weighted by Crippen LogP contribution is -2.18. The van der Waals surface area contributed by atoms with Crippen molar-refractivity contribution in [2.45, 2.75) is 59.3 Å². The van der Waals surface area contributed by atoms with Gasteiger partial charge < -0.3 is 4.52 Å². The predicted molar refractivity (Wildman–Crippen MR) is 76.8 cm³/mol. The molecule has 0 heterocycles. The van der Waals surface area contributed by atoms with E-state index in [4.69, 9.17) is 4.52 Å². The number of aryl methyl sites for hydroxylation is 1. The van der Waals surface area contributed by atoms with Crippen molar-refractivity contribution in [3.8, 4) is 5.75 Å². The summed E-state index contributed by atoms with van der Waals surface area (Å²) >= 11 is 0. The Hall–Kier alpha value is -0.880. The lowest BCUT2D eigenvalue weighted by molar-refractivity contribution is 0.499. The molecule has 0 aliphatic rings. The van der Waals surface area contributed by atoms with Crippen LogP contribution in [0.1, 0.15) is 58.2 Å². The molecular formula is C15H23O2P. The molecule has 0 spiro atoms. The van der Waals surface area contributed by atoms with Crippen LogP contribution in [0.3, 0.4) is 0 Å². The highest BCUT2D eigenvalue weighted by atomic mass is 31.1. The van der Waals surface area contributed by atoms with E-state index in [1.807, 2.05) is 6.07 Å². The van der Waals surface area contributed by atoms with Crippen molar-refractivity contribution in [2.24, 2.45) is 0 Å². The summed E-state index contributed by atoms with van der Waals surface area (Å²) in [5, 5.41) is 0. The molecule has 0 N–H and O–H groups in total. The predicted octanol–water partition coefficient (Wildman–Crippen LogP) is 5.18. The highest BCUT2D eigenvalue weighted by molar-refractivity contribution is 7.17. The molecule has 3 heteroatoms. The molecule has 0 radical (unpaired) electrons. The molecule has 0 amide bonds. The van der Waals surface area contributed by atoms with E-state index in [0.717, 1.165) is 5.56 Å². The van der Waals surface area contributed by atoms with E-state index in [1.165, 1.54) is 11.1 Å². The smallest absolute Gasteiger partial charge is 0.395 e. The van der Waals surface area contributed by atoms with Crippen LogP contribution in [0.25, 0.3) is 0 Å². The maximum absolute atomic E-state index is 10.7. The molecule has 1 rings (SSSR count). The topological polar surface area (TPSA) is 26.3 Å². The molecule has 1 aromatic carbocycles. The van der Waals surface area contributed by atoms with E-state index in [9.17, 15) is 4.57 Å². The lowest BCUT2D eigenvalue weighted by Gasteiger charge is -2.28. The normalized spacial score (nSPS) is 12.8. The largest absolute Gasteiger partial charge is 0.407 e. The van der Waals surface area contributed by atoms with Gasteiger partial charge in [-0.3, -0.25) is 0 Å². The zero-order chi connectivity index (χ0) is 14.1. The summed E-state index contributed by atoms with van der Waals surface area (Å²) in [6.45, 7) is 15.1. The second kappa shape index (κ2) is 5.01. The first kappa shape index (κ1) is 15.2. The van der Waals surface area contributed by atoms with Crippen LogP contribution in [0.15, 0.2) is 12.1 Å². The summed E-state index contributed by atoms with van der Waals surface area (Å²) in [6, 6.07) is 4.18. The quantitative estimate of drug-likeness (QED) is 0.690. The summed E-state index contributed by atoms with van der Waals surface area (Å²) in [4.78, 5) is 0. The Bertz CT molecular complexity index is 451. The van der Waals surface area contributed by atoms with Gasteiger partial charge in [-0.2, -0.15) is 0 Å². The summed E-state index contributed by atoms with van der Waals surface area (Å²) in [5.41, 5.74) is 3.64. The SMILES string of the molecule is Cc1cc(OP=O)c(C(C)(C)C)cc1C(C)(C)C. The molecular weight excluding hydrogens is 243 g/mol. The molecule has 0 bridgehead atoms. The molecule has 0 aromatic heterocycles. The van der Waals surface area contributed by atoms with Crippen molar-refractivity contribution in [1.82, 2.24) is 0 Å². The molecule has 0 aliphatic heterocycles. The van der Waals surface area contributed by atoms with Gasteiger partial charge in [0.15, 0.2) is 0 Å². The molecule has 1 aromatic rings.